The highest BCUT2D eigenvalue weighted by Gasteiger charge is 2.23. The number of nitrogens with one attached hydrogen (secondary N) is 2. The topological polar surface area (TPSA) is 70.7 Å². The van der Waals surface area contributed by atoms with Crippen molar-refractivity contribution >= 4 is 35.0 Å². The molecule has 0 radical (unpaired) electrons. The molecule has 2 N–H and O–H groups in total. The van der Waals surface area contributed by atoms with Crippen molar-refractivity contribution in [3.8, 4) is 0 Å². The Hall–Kier alpha value is -2.51. The molecule has 7 heteroatoms. The normalized spacial score (nSPS) is 18.8. The third kappa shape index (κ3) is 6.74. The van der Waals surface area contributed by atoms with E-state index in [0.717, 1.165) is 56.0 Å². The van der Waals surface area contributed by atoms with Crippen LogP contribution in [0.4, 0.5) is 11.4 Å². The number of carbonyl (C=O) groups excluding carboxylic acids is 2. The molecule has 176 valence electrons. The van der Waals surface area contributed by atoms with Crippen LogP contribution in [0.2, 0.25) is 0 Å². The second-order valence-electron chi connectivity index (χ2n) is 8.90. The molecule has 2 aromatic rings. The van der Waals surface area contributed by atoms with Gasteiger partial charge >= 0.3 is 0 Å². The summed E-state index contributed by atoms with van der Waals surface area (Å²) in [4.78, 5) is 29.0. The van der Waals surface area contributed by atoms with Crippen molar-refractivity contribution in [1.29, 1.82) is 0 Å². The largest absolute Gasteiger partial charge is 0.376 e. The minimum Gasteiger partial charge on any atom is -0.376 e. The van der Waals surface area contributed by atoms with Gasteiger partial charge in [0.2, 0.25) is 5.91 Å². The smallest absolute Gasteiger partial charge is 0.253 e. The molecule has 6 nitrogen and oxygen atoms in total. The minimum atomic E-state index is -0.117. The van der Waals surface area contributed by atoms with Crippen molar-refractivity contribution in [2.24, 2.45) is 5.92 Å². The van der Waals surface area contributed by atoms with Crippen LogP contribution in [0, 0.1) is 5.92 Å². The summed E-state index contributed by atoms with van der Waals surface area (Å²) < 4.78 is 5.65. The summed E-state index contributed by atoms with van der Waals surface area (Å²) in [6, 6.07) is 15.5. The first-order valence-corrected chi connectivity index (χ1v) is 12.8. The molecule has 1 unspecified atom stereocenters. The van der Waals surface area contributed by atoms with Crippen LogP contribution in [0.15, 0.2) is 53.4 Å². The molecular weight excluding hydrogens is 434 g/mol. The van der Waals surface area contributed by atoms with Crippen LogP contribution in [0.5, 0.6) is 0 Å². The quantitative estimate of drug-likeness (QED) is 0.557. The number of hydrogen-bond acceptors (Lipinski definition) is 5. The van der Waals surface area contributed by atoms with E-state index in [-0.39, 0.29) is 17.9 Å². The van der Waals surface area contributed by atoms with E-state index in [1.54, 1.807) is 0 Å². The van der Waals surface area contributed by atoms with E-state index in [0.29, 0.717) is 29.5 Å². The van der Waals surface area contributed by atoms with Gasteiger partial charge in [-0.05, 0) is 61.9 Å². The Balaban J connectivity index is 1.45. The average Bonchev–Trinajstić information content (AvgIpc) is 3.36. The Kier molecular flexibility index (Phi) is 8.29. The number of amides is 2. The number of carbonyl (C=O) groups is 2. The molecule has 2 aliphatic rings. The monoisotopic (exact) mass is 467 g/mol. The molecule has 0 bridgehead atoms. The highest BCUT2D eigenvalue weighted by atomic mass is 32.2. The van der Waals surface area contributed by atoms with Gasteiger partial charge < -0.3 is 20.3 Å². The van der Waals surface area contributed by atoms with E-state index < -0.39 is 0 Å². The van der Waals surface area contributed by atoms with Gasteiger partial charge in [-0.3, -0.25) is 9.59 Å². The molecule has 0 aromatic heterocycles. The van der Waals surface area contributed by atoms with Crippen LogP contribution < -0.4 is 15.5 Å². The Bertz CT molecular complexity index is 939. The minimum absolute atomic E-state index is 0.0888. The maximum atomic E-state index is 13.2. The fraction of sp³-hybridized carbons (Fsp3) is 0.462. The zero-order valence-corrected chi connectivity index (χ0v) is 20.0. The number of nitrogens with zero attached hydrogens (tertiary/aromatic N) is 1. The Morgan fingerprint density at radius 3 is 2.61 bits per heavy atom. The van der Waals surface area contributed by atoms with Gasteiger partial charge in [0.1, 0.15) is 0 Å². The lowest BCUT2D eigenvalue weighted by Crippen LogP contribution is -2.36. The molecule has 2 aromatic carbocycles. The van der Waals surface area contributed by atoms with E-state index in [1.165, 1.54) is 11.8 Å². The average molecular weight is 468 g/mol. The first kappa shape index (κ1) is 23.6. The van der Waals surface area contributed by atoms with E-state index >= 15 is 0 Å². The number of benzene rings is 2. The fourth-order valence-corrected chi connectivity index (χ4v) is 5.01. The maximum absolute atomic E-state index is 13.2. The highest BCUT2D eigenvalue weighted by molar-refractivity contribution is 8.00. The lowest BCUT2D eigenvalue weighted by Gasteiger charge is -2.33. The molecule has 4 rings (SSSR count). The predicted molar refractivity (Wildman–Crippen MR) is 134 cm³/mol. The Labute approximate surface area is 200 Å². The molecular formula is C26H33N3O3S. The molecule has 0 saturated carbocycles. The van der Waals surface area contributed by atoms with Gasteiger partial charge in [0, 0.05) is 42.5 Å². The van der Waals surface area contributed by atoms with Crippen molar-refractivity contribution in [2.45, 2.75) is 43.6 Å². The Morgan fingerprint density at radius 1 is 1.09 bits per heavy atom. The number of ether oxygens (including phenoxy) is 1. The lowest BCUT2D eigenvalue weighted by atomic mass is 9.97. The van der Waals surface area contributed by atoms with Gasteiger partial charge in [-0.15, -0.1) is 11.8 Å². The SMILES string of the molecule is CC1CCN(c2ccc(NC(=O)CSc3ccccc3)cc2C(=O)NCC2CCCO2)CC1. The number of rotatable bonds is 8. The van der Waals surface area contributed by atoms with E-state index in [2.05, 4.69) is 22.5 Å². The van der Waals surface area contributed by atoms with Crippen molar-refractivity contribution < 1.29 is 14.3 Å². The predicted octanol–water partition coefficient (Wildman–Crippen LogP) is 4.56. The zero-order chi connectivity index (χ0) is 23.0. The molecule has 2 aliphatic heterocycles. The maximum Gasteiger partial charge on any atom is 0.253 e. The van der Waals surface area contributed by atoms with Crippen LogP contribution in [0.3, 0.4) is 0 Å². The summed E-state index contributed by atoms with van der Waals surface area (Å²) >= 11 is 1.49. The molecule has 0 aliphatic carbocycles. The van der Waals surface area contributed by atoms with E-state index in [1.807, 2.05) is 48.5 Å². The van der Waals surface area contributed by atoms with Gasteiger partial charge in [-0.25, -0.2) is 0 Å². The summed E-state index contributed by atoms with van der Waals surface area (Å²) in [6.07, 6.45) is 4.34. The van der Waals surface area contributed by atoms with Gasteiger partial charge in [0.25, 0.3) is 5.91 Å². The summed E-state index contributed by atoms with van der Waals surface area (Å²) in [6.45, 7) is 5.43. The van der Waals surface area contributed by atoms with E-state index in [4.69, 9.17) is 4.74 Å². The highest BCUT2D eigenvalue weighted by Crippen LogP contribution is 2.29. The van der Waals surface area contributed by atoms with Crippen LogP contribution in [-0.4, -0.2) is 49.9 Å². The molecule has 2 fully saturated rings. The Morgan fingerprint density at radius 2 is 1.88 bits per heavy atom. The van der Waals surface area contributed by atoms with Gasteiger partial charge in [-0.2, -0.15) is 0 Å². The van der Waals surface area contributed by atoms with Crippen molar-refractivity contribution in [2.75, 3.05) is 42.2 Å². The van der Waals surface area contributed by atoms with Crippen molar-refractivity contribution in [1.82, 2.24) is 5.32 Å². The van der Waals surface area contributed by atoms with Crippen LogP contribution in [-0.2, 0) is 9.53 Å². The van der Waals surface area contributed by atoms with Crippen LogP contribution in [0.25, 0.3) is 0 Å². The molecule has 0 spiro atoms. The summed E-state index contributed by atoms with van der Waals surface area (Å²) in [7, 11) is 0. The summed E-state index contributed by atoms with van der Waals surface area (Å²) in [5, 5.41) is 6.01. The standard InChI is InChI=1S/C26H33N3O3S/c1-19-11-13-29(14-12-19)24-10-9-20(28-25(30)18-33-22-7-3-2-4-8-22)16-23(24)26(31)27-17-21-6-5-15-32-21/h2-4,7-10,16,19,21H,5-6,11-15,17-18H2,1H3,(H,27,31)(H,28,30). The van der Waals surface area contributed by atoms with Crippen molar-refractivity contribution in [3.05, 3.63) is 54.1 Å². The second kappa shape index (κ2) is 11.6. The van der Waals surface area contributed by atoms with Gasteiger partial charge in [0.05, 0.1) is 17.4 Å². The summed E-state index contributed by atoms with van der Waals surface area (Å²) in [5.41, 5.74) is 2.18. The van der Waals surface area contributed by atoms with Crippen LogP contribution in [0.1, 0.15) is 43.0 Å². The molecule has 1 atom stereocenters. The van der Waals surface area contributed by atoms with Crippen molar-refractivity contribution in [3.63, 3.8) is 0 Å². The molecule has 2 saturated heterocycles. The first-order valence-electron chi connectivity index (χ1n) is 11.8. The molecule has 33 heavy (non-hydrogen) atoms. The fourth-order valence-electron chi connectivity index (χ4n) is 4.29. The molecule has 2 amide bonds. The number of anilines is 2. The van der Waals surface area contributed by atoms with Gasteiger partial charge in [-0.1, -0.05) is 25.1 Å². The molecule has 2 heterocycles. The van der Waals surface area contributed by atoms with Crippen LogP contribution >= 0.6 is 11.8 Å². The number of piperidine rings is 1. The zero-order valence-electron chi connectivity index (χ0n) is 19.2. The second-order valence-corrected chi connectivity index (χ2v) is 9.95. The van der Waals surface area contributed by atoms with E-state index in [9.17, 15) is 9.59 Å². The van der Waals surface area contributed by atoms with Gasteiger partial charge in [0.15, 0.2) is 0 Å². The number of thioether (sulfide) groups is 1. The summed E-state index contributed by atoms with van der Waals surface area (Å²) in [5.74, 6) is 0.817. The first-order chi connectivity index (χ1) is 16.1. The third-order valence-electron chi connectivity index (χ3n) is 6.28. The third-order valence-corrected chi connectivity index (χ3v) is 7.29. The lowest BCUT2D eigenvalue weighted by molar-refractivity contribution is -0.113. The number of hydrogen-bond donors (Lipinski definition) is 2.